The van der Waals surface area contributed by atoms with E-state index in [2.05, 4.69) is 10.1 Å². The van der Waals surface area contributed by atoms with E-state index in [1.807, 2.05) is 17.9 Å². The van der Waals surface area contributed by atoms with Crippen LogP contribution in [0.25, 0.3) is 0 Å². The van der Waals surface area contributed by atoms with Crippen molar-refractivity contribution in [2.45, 2.75) is 26.3 Å². The van der Waals surface area contributed by atoms with Crippen molar-refractivity contribution < 1.29 is 18.5 Å². The van der Waals surface area contributed by atoms with Crippen LogP contribution in [0.15, 0.2) is 34.9 Å². The zero-order valence-corrected chi connectivity index (χ0v) is 17.2. The van der Waals surface area contributed by atoms with Crippen molar-refractivity contribution in [3.05, 3.63) is 53.2 Å². The molecule has 7 nitrogen and oxygen atoms in total. The number of amides is 2. The number of aromatic nitrogens is 1. The fraction of sp³-hybridized carbons (Fsp3) is 0.500. The summed E-state index contributed by atoms with van der Waals surface area (Å²) in [6, 6.07) is 7.56. The van der Waals surface area contributed by atoms with Gasteiger partial charge in [0.15, 0.2) is 5.76 Å². The molecule has 2 aromatic rings. The van der Waals surface area contributed by atoms with E-state index in [9.17, 15) is 14.0 Å². The molecule has 0 atom stereocenters. The van der Waals surface area contributed by atoms with E-state index in [0.29, 0.717) is 51.1 Å². The normalized spacial score (nSPS) is 18.6. The molecule has 0 N–H and O–H groups in total. The first-order valence-electron chi connectivity index (χ1n) is 10.5. The summed E-state index contributed by atoms with van der Waals surface area (Å²) in [5, 5.41) is 3.92. The van der Waals surface area contributed by atoms with Gasteiger partial charge in [-0.1, -0.05) is 5.16 Å². The number of likely N-dealkylation sites (tertiary alicyclic amines) is 1. The molecule has 0 spiro atoms. The van der Waals surface area contributed by atoms with Gasteiger partial charge in [0.1, 0.15) is 5.82 Å². The number of carbonyl (C=O) groups excluding carboxylic acids is 2. The molecule has 0 saturated carbocycles. The molecule has 30 heavy (non-hydrogen) atoms. The largest absolute Gasteiger partial charge is 0.360 e. The lowest BCUT2D eigenvalue weighted by Crippen LogP contribution is -2.51. The van der Waals surface area contributed by atoms with Crippen LogP contribution in [-0.2, 0) is 11.3 Å². The van der Waals surface area contributed by atoms with E-state index in [0.717, 1.165) is 24.5 Å². The molecule has 1 aromatic heterocycles. The Morgan fingerprint density at radius 1 is 1.03 bits per heavy atom. The maximum Gasteiger partial charge on any atom is 0.253 e. The maximum atomic E-state index is 13.1. The fourth-order valence-corrected chi connectivity index (χ4v) is 4.20. The topological polar surface area (TPSA) is 69.9 Å². The van der Waals surface area contributed by atoms with Crippen molar-refractivity contribution in [1.29, 1.82) is 0 Å². The number of piperidine rings is 1. The molecule has 0 aliphatic carbocycles. The molecular weight excluding hydrogens is 387 g/mol. The molecule has 2 fully saturated rings. The zero-order valence-electron chi connectivity index (χ0n) is 17.2. The number of nitrogens with zero attached hydrogens (tertiary/aromatic N) is 4. The summed E-state index contributed by atoms with van der Waals surface area (Å²) in [5.41, 5.74) is 1.36. The van der Waals surface area contributed by atoms with Crippen LogP contribution in [0.2, 0.25) is 0 Å². The number of aryl methyl sites for hydroxylation is 1. The van der Waals surface area contributed by atoms with Crippen LogP contribution >= 0.6 is 0 Å². The molecule has 2 saturated heterocycles. The summed E-state index contributed by atoms with van der Waals surface area (Å²) in [5.74, 6) is 0.555. The molecule has 160 valence electrons. The Morgan fingerprint density at radius 3 is 2.30 bits per heavy atom. The Morgan fingerprint density at radius 2 is 1.70 bits per heavy atom. The highest BCUT2D eigenvalue weighted by molar-refractivity contribution is 5.94. The third-order valence-electron chi connectivity index (χ3n) is 5.96. The van der Waals surface area contributed by atoms with Crippen LogP contribution in [0.1, 0.15) is 34.7 Å². The van der Waals surface area contributed by atoms with Gasteiger partial charge < -0.3 is 14.3 Å². The lowest BCUT2D eigenvalue weighted by Gasteiger charge is -2.38. The molecule has 0 bridgehead atoms. The van der Waals surface area contributed by atoms with E-state index >= 15 is 0 Å². The second kappa shape index (κ2) is 8.95. The third-order valence-corrected chi connectivity index (χ3v) is 5.96. The van der Waals surface area contributed by atoms with Crippen molar-refractivity contribution in [2.75, 3.05) is 39.3 Å². The van der Waals surface area contributed by atoms with Gasteiger partial charge in [-0.3, -0.25) is 14.5 Å². The summed E-state index contributed by atoms with van der Waals surface area (Å²) in [6.45, 7) is 6.77. The summed E-state index contributed by atoms with van der Waals surface area (Å²) in [6.07, 6.45) is 1.34. The Balaban J connectivity index is 1.23. The van der Waals surface area contributed by atoms with Gasteiger partial charge in [-0.2, -0.15) is 0 Å². The van der Waals surface area contributed by atoms with Gasteiger partial charge in [0.05, 0.1) is 12.2 Å². The number of hydrogen-bond donors (Lipinski definition) is 0. The zero-order chi connectivity index (χ0) is 21.1. The molecule has 4 rings (SSSR count). The number of benzene rings is 1. The minimum atomic E-state index is -0.355. The van der Waals surface area contributed by atoms with Crippen LogP contribution in [0.3, 0.4) is 0 Å². The molecule has 2 aliphatic heterocycles. The minimum Gasteiger partial charge on any atom is -0.360 e. The Hall–Kier alpha value is -2.74. The van der Waals surface area contributed by atoms with Gasteiger partial charge in [-0.15, -0.1) is 0 Å². The maximum absolute atomic E-state index is 13.1. The van der Waals surface area contributed by atoms with Gasteiger partial charge in [-0.25, -0.2) is 4.39 Å². The van der Waals surface area contributed by atoms with Crippen molar-refractivity contribution in [1.82, 2.24) is 19.9 Å². The van der Waals surface area contributed by atoms with E-state index < -0.39 is 0 Å². The monoisotopic (exact) mass is 414 g/mol. The number of piperazine rings is 1. The first kappa shape index (κ1) is 20.5. The Labute approximate surface area is 175 Å². The predicted molar refractivity (Wildman–Crippen MR) is 108 cm³/mol. The molecule has 1 aromatic carbocycles. The van der Waals surface area contributed by atoms with Crippen LogP contribution in [0, 0.1) is 18.7 Å². The smallest absolute Gasteiger partial charge is 0.253 e. The first-order valence-corrected chi connectivity index (χ1v) is 10.5. The van der Waals surface area contributed by atoms with Crippen molar-refractivity contribution in [3.8, 4) is 0 Å². The second-order valence-corrected chi connectivity index (χ2v) is 8.11. The van der Waals surface area contributed by atoms with Crippen LogP contribution in [0.4, 0.5) is 4.39 Å². The minimum absolute atomic E-state index is 0.0364. The summed E-state index contributed by atoms with van der Waals surface area (Å²) in [7, 11) is 0. The number of hydrogen-bond acceptors (Lipinski definition) is 5. The van der Waals surface area contributed by atoms with Crippen molar-refractivity contribution in [3.63, 3.8) is 0 Å². The summed E-state index contributed by atoms with van der Waals surface area (Å²) in [4.78, 5) is 31.5. The molecule has 0 unspecified atom stereocenters. The third kappa shape index (κ3) is 4.70. The van der Waals surface area contributed by atoms with Crippen LogP contribution in [0.5, 0.6) is 0 Å². The number of rotatable bonds is 4. The Bertz CT molecular complexity index is 882. The van der Waals surface area contributed by atoms with Crippen molar-refractivity contribution >= 4 is 11.8 Å². The molecular formula is C22H27FN4O3. The average Bonchev–Trinajstić information content (AvgIpc) is 3.18. The standard InChI is InChI=1S/C22H27FN4O3/c1-16-14-20(30-24-16)15-25-10-12-27(13-11-25)22(29)18-6-8-26(9-7-18)21(28)17-2-4-19(23)5-3-17/h2-5,14,18H,6-13,15H2,1H3. The summed E-state index contributed by atoms with van der Waals surface area (Å²) < 4.78 is 18.3. The van der Waals surface area contributed by atoms with E-state index in [4.69, 9.17) is 4.52 Å². The van der Waals surface area contributed by atoms with E-state index in [1.54, 1.807) is 4.90 Å². The lowest BCUT2D eigenvalue weighted by molar-refractivity contribution is -0.138. The predicted octanol–water partition coefficient (Wildman–Crippen LogP) is 2.32. The first-order chi connectivity index (χ1) is 14.5. The van der Waals surface area contributed by atoms with Gasteiger partial charge in [0.25, 0.3) is 5.91 Å². The molecule has 0 radical (unpaired) electrons. The molecule has 2 aliphatic rings. The molecule has 3 heterocycles. The van der Waals surface area contributed by atoms with Crippen LogP contribution in [-0.4, -0.2) is 70.9 Å². The van der Waals surface area contributed by atoms with Crippen LogP contribution < -0.4 is 0 Å². The van der Waals surface area contributed by atoms with Gasteiger partial charge >= 0.3 is 0 Å². The number of halogens is 1. The highest BCUT2D eigenvalue weighted by Gasteiger charge is 2.32. The average molecular weight is 414 g/mol. The molecule has 2 amide bonds. The second-order valence-electron chi connectivity index (χ2n) is 8.11. The highest BCUT2D eigenvalue weighted by Crippen LogP contribution is 2.22. The fourth-order valence-electron chi connectivity index (χ4n) is 4.20. The number of carbonyl (C=O) groups is 2. The lowest BCUT2D eigenvalue weighted by atomic mass is 9.94. The quantitative estimate of drug-likeness (QED) is 0.768. The highest BCUT2D eigenvalue weighted by atomic mass is 19.1. The van der Waals surface area contributed by atoms with E-state index in [1.165, 1.54) is 24.3 Å². The van der Waals surface area contributed by atoms with Gasteiger partial charge in [0.2, 0.25) is 5.91 Å². The summed E-state index contributed by atoms with van der Waals surface area (Å²) >= 11 is 0. The van der Waals surface area contributed by atoms with Crippen molar-refractivity contribution in [2.24, 2.45) is 5.92 Å². The van der Waals surface area contributed by atoms with E-state index in [-0.39, 0.29) is 23.5 Å². The van der Waals surface area contributed by atoms with Gasteiger partial charge in [0, 0.05) is 56.8 Å². The SMILES string of the molecule is Cc1cc(CN2CCN(C(=O)C3CCN(C(=O)c4ccc(F)cc4)CC3)CC2)on1. The molecule has 8 heteroatoms. The Kier molecular flexibility index (Phi) is 6.13. The van der Waals surface area contributed by atoms with Gasteiger partial charge in [-0.05, 0) is 44.0 Å².